The molecule has 16 heavy (non-hydrogen) atoms. The van der Waals surface area contributed by atoms with Gasteiger partial charge in [-0.1, -0.05) is 6.92 Å². The second kappa shape index (κ2) is 7.96. The van der Waals surface area contributed by atoms with Gasteiger partial charge in [-0.15, -0.1) is 0 Å². The Labute approximate surface area is 102 Å². The van der Waals surface area contributed by atoms with Gasteiger partial charge >= 0.3 is 5.97 Å². The van der Waals surface area contributed by atoms with Crippen LogP contribution >= 0.6 is 11.8 Å². The standard InChI is InChI=1S/C12H22O3S/c1-10(12(13)14-2)9-16-8-4-6-11-5-3-7-15-11/h10-11H,3-9H2,1-2H3. The molecule has 1 aliphatic heterocycles. The van der Waals surface area contributed by atoms with E-state index in [-0.39, 0.29) is 11.9 Å². The van der Waals surface area contributed by atoms with Crippen molar-refractivity contribution in [2.24, 2.45) is 5.92 Å². The van der Waals surface area contributed by atoms with Crippen LogP contribution in [0, 0.1) is 5.92 Å². The van der Waals surface area contributed by atoms with Crippen molar-refractivity contribution in [2.45, 2.75) is 38.7 Å². The third kappa shape index (κ3) is 5.21. The highest BCUT2D eigenvalue weighted by Crippen LogP contribution is 2.19. The van der Waals surface area contributed by atoms with E-state index in [2.05, 4.69) is 4.74 Å². The SMILES string of the molecule is COC(=O)C(C)CSCCCC1CCCO1. The molecule has 0 saturated carbocycles. The molecular weight excluding hydrogens is 224 g/mol. The van der Waals surface area contributed by atoms with Crippen LogP contribution in [0.3, 0.4) is 0 Å². The number of hydrogen-bond acceptors (Lipinski definition) is 4. The van der Waals surface area contributed by atoms with Gasteiger partial charge < -0.3 is 9.47 Å². The van der Waals surface area contributed by atoms with Gasteiger partial charge in [0.2, 0.25) is 0 Å². The second-order valence-electron chi connectivity index (χ2n) is 4.28. The maximum absolute atomic E-state index is 11.1. The summed E-state index contributed by atoms with van der Waals surface area (Å²) in [7, 11) is 1.45. The highest BCUT2D eigenvalue weighted by molar-refractivity contribution is 7.99. The van der Waals surface area contributed by atoms with Crippen LogP contribution in [0.4, 0.5) is 0 Å². The van der Waals surface area contributed by atoms with Crippen LogP contribution in [0.15, 0.2) is 0 Å². The molecule has 0 aromatic carbocycles. The van der Waals surface area contributed by atoms with Crippen molar-refractivity contribution in [2.75, 3.05) is 25.2 Å². The molecule has 0 amide bonds. The van der Waals surface area contributed by atoms with Crippen molar-refractivity contribution in [1.82, 2.24) is 0 Å². The minimum absolute atomic E-state index is 0.0118. The van der Waals surface area contributed by atoms with Gasteiger partial charge in [0, 0.05) is 12.4 Å². The molecule has 1 saturated heterocycles. The van der Waals surface area contributed by atoms with Crippen molar-refractivity contribution in [3.05, 3.63) is 0 Å². The van der Waals surface area contributed by atoms with E-state index in [1.807, 2.05) is 18.7 Å². The summed E-state index contributed by atoms with van der Waals surface area (Å²) in [5, 5.41) is 0. The van der Waals surface area contributed by atoms with Crippen molar-refractivity contribution in [3.8, 4) is 0 Å². The first-order chi connectivity index (χ1) is 7.74. The Morgan fingerprint density at radius 2 is 2.44 bits per heavy atom. The van der Waals surface area contributed by atoms with E-state index < -0.39 is 0 Å². The summed E-state index contributed by atoms with van der Waals surface area (Å²) in [5.41, 5.74) is 0. The largest absolute Gasteiger partial charge is 0.469 e. The fraction of sp³-hybridized carbons (Fsp3) is 0.917. The van der Waals surface area contributed by atoms with Gasteiger partial charge in [-0.2, -0.15) is 11.8 Å². The number of esters is 1. The van der Waals surface area contributed by atoms with Crippen LogP contribution in [0.2, 0.25) is 0 Å². The van der Waals surface area contributed by atoms with E-state index in [4.69, 9.17) is 4.74 Å². The number of thioether (sulfide) groups is 1. The Kier molecular flexibility index (Phi) is 6.88. The molecule has 0 bridgehead atoms. The summed E-state index contributed by atoms with van der Waals surface area (Å²) in [5.74, 6) is 1.88. The van der Waals surface area contributed by atoms with Gasteiger partial charge in [0.15, 0.2) is 0 Å². The molecule has 1 aliphatic rings. The molecule has 94 valence electrons. The number of ether oxygens (including phenoxy) is 2. The minimum atomic E-state index is -0.105. The lowest BCUT2D eigenvalue weighted by atomic mass is 10.1. The fourth-order valence-corrected chi connectivity index (χ4v) is 2.84. The van der Waals surface area contributed by atoms with Crippen LogP contribution in [-0.2, 0) is 14.3 Å². The van der Waals surface area contributed by atoms with E-state index in [1.54, 1.807) is 0 Å². The Hall–Kier alpha value is -0.220. The third-order valence-corrected chi connectivity index (χ3v) is 4.12. The molecule has 1 fully saturated rings. The van der Waals surface area contributed by atoms with Crippen LogP contribution in [0.25, 0.3) is 0 Å². The molecule has 4 heteroatoms. The van der Waals surface area contributed by atoms with Crippen LogP contribution in [0.1, 0.15) is 32.6 Å². The topological polar surface area (TPSA) is 35.5 Å². The number of carbonyl (C=O) groups excluding carboxylic acids is 1. The van der Waals surface area contributed by atoms with Gasteiger partial charge in [0.05, 0.1) is 19.1 Å². The molecule has 0 spiro atoms. The maximum Gasteiger partial charge on any atom is 0.309 e. The number of hydrogen-bond donors (Lipinski definition) is 0. The van der Waals surface area contributed by atoms with Crippen molar-refractivity contribution < 1.29 is 14.3 Å². The van der Waals surface area contributed by atoms with E-state index in [0.29, 0.717) is 6.10 Å². The average Bonchev–Trinajstić information content (AvgIpc) is 2.80. The van der Waals surface area contributed by atoms with Gasteiger partial charge in [0.25, 0.3) is 0 Å². The first-order valence-corrected chi connectivity index (χ1v) is 7.16. The molecule has 0 aliphatic carbocycles. The molecule has 1 rings (SSSR count). The van der Waals surface area contributed by atoms with Gasteiger partial charge in [-0.3, -0.25) is 4.79 Å². The predicted octanol–water partition coefficient (Wildman–Crippen LogP) is 2.49. The molecule has 3 nitrogen and oxygen atoms in total. The molecule has 0 aromatic rings. The number of rotatable bonds is 7. The second-order valence-corrected chi connectivity index (χ2v) is 5.43. The van der Waals surface area contributed by atoms with E-state index in [0.717, 1.165) is 18.1 Å². The summed E-state index contributed by atoms with van der Waals surface area (Å²) < 4.78 is 10.2. The van der Waals surface area contributed by atoms with Gasteiger partial charge in [0.1, 0.15) is 0 Å². The molecule has 2 atom stereocenters. The minimum Gasteiger partial charge on any atom is -0.469 e. The molecule has 0 aromatic heterocycles. The Morgan fingerprint density at radius 1 is 1.62 bits per heavy atom. The Morgan fingerprint density at radius 3 is 3.06 bits per heavy atom. The lowest BCUT2D eigenvalue weighted by molar-refractivity contribution is -0.143. The fourth-order valence-electron chi connectivity index (χ4n) is 1.81. The van der Waals surface area contributed by atoms with E-state index in [1.165, 1.54) is 32.8 Å². The van der Waals surface area contributed by atoms with E-state index >= 15 is 0 Å². The van der Waals surface area contributed by atoms with Crippen LogP contribution in [0.5, 0.6) is 0 Å². The van der Waals surface area contributed by atoms with E-state index in [9.17, 15) is 4.79 Å². The van der Waals surface area contributed by atoms with Crippen molar-refractivity contribution >= 4 is 17.7 Å². The molecule has 2 unspecified atom stereocenters. The summed E-state index contributed by atoms with van der Waals surface area (Å²) >= 11 is 1.83. The lowest BCUT2D eigenvalue weighted by Gasteiger charge is -2.10. The normalized spacial score (nSPS) is 22.0. The Balaban J connectivity index is 1.92. The molecule has 0 radical (unpaired) electrons. The summed E-state index contributed by atoms with van der Waals surface area (Å²) in [6, 6.07) is 0. The third-order valence-electron chi connectivity index (χ3n) is 2.81. The zero-order valence-electron chi connectivity index (χ0n) is 10.2. The summed E-state index contributed by atoms with van der Waals surface area (Å²) in [4.78, 5) is 11.1. The smallest absolute Gasteiger partial charge is 0.309 e. The maximum atomic E-state index is 11.1. The van der Waals surface area contributed by atoms with Crippen LogP contribution in [-0.4, -0.2) is 37.3 Å². The monoisotopic (exact) mass is 246 g/mol. The van der Waals surface area contributed by atoms with Gasteiger partial charge in [-0.25, -0.2) is 0 Å². The lowest BCUT2D eigenvalue weighted by Crippen LogP contribution is -2.15. The Bertz CT molecular complexity index is 202. The zero-order valence-corrected chi connectivity index (χ0v) is 11.1. The summed E-state index contributed by atoms with van der Waals surface area (Å²) in [6.45, 7) is 2.86. The predicted molar refractivity (Wildman–Crippen MR) is 66.7 cm³/mol. The summed E-state index contributed by atoms with van der Waals surface area (Å²) in [6.07, 6.45) is 5.29. The molecular formula is C12H22O3S. The first-order valence-electron chi connectivity index (χ1n) is 6.01. The first kappa shape index (κ1) is 13.8. The van der Waals surface area contributed by atoms with Crippen LogP contribution < -0.4 is 0 Å². The van der Waals surface area contributed by atoms with Gasteiger partial charge in [-0.05, 0) is 31.4 Å². The average molecular weight is 246 g/mol. The number of methoxy groups -OCH3 is 1. The van der Waals surface area contributed by atoms with Crippen molar-refractivity contribution in [1.29, 1.82) is 0 Å². The number of carbonyl (C=O) groups is 1. The molecule has 1 heterocycles. The molecule has 0 N–H and O–H groups in total. The quantitative estimate of drug-likeness (QED) is 0.511. The highest BCUT2D eigenvalue weighted by atomic mass is 32.2. The highest BCUT2D eigenvalue weighted by Gasteiger charge is 2.15. The zero-order chi connectivity index (χ0) is 11.8. The van der Waals surface area contributed by atoms with Crippen molar-refractivity contribution in [3.63, 3.8) is 0 Å².